The molecule has 0 saturated heterocycles. The van der Waals surface area contributed by atoms with Gasteiger partial charge in [-0.3, -0.25) is 24.3 Å². The van der Waals surface area contributed by atoms with Gasteiger partial charge in [-0.05, 0) is 41.7 Å². The molecule has 1 atom stereocenters. The van der Waals surface area contributed by atoms with Crippen LogP contribution in [-0.2, 0) is 4.79 Å². The van der Waals surface area contributed by atoms with Crippen LogP contribution in [0.3, 0.4) is 0 Å². The molecule has 0 spiro atoms. The monoisotopic (exact) mass is 477 g/mol. The molecule has 9 heteroatoms. The lowest BCUT2D eigenvalue weighted by Crippen LogP contribution is -2.42. The second-order valence-corrected chi connectivity index (χ2v) is 10.3. The van der Waals surface area contributed by atoms with Crippen LogP contribution in [0, 0.1) is 21.3 Å². The minimum absolute atomic E-state index is 0.0858. The number of nitro benzene ring substituents is 1. The maximum absolute atomic E-state index is 13.7. The summed E-state index contributed by atoms with van der Waals surface area (Å²) in [5.74, 6) is -0.504. The molecule has 34 heavy (non-hydrogen) atoms. The quantitative estimate of drug-likeness (QED) is 0.425. The average Bonchev–Trinajstić information content (AvgIpc) is 3.07. The highest BCUT2D eigenvalue weighted by molar-refractivity contribution is 7.07. The summed E-state index contributed by atoms with van der Waals surface area (Å²) in [6, 6.07) is 11.2. The van der Waals surface area contributed by atoms with Crippen molar-refractivity contribution in [2.75, 3.05) is 0 Å². The van der Waals surface area contributed by atoms with Gasteiger partial charge in [0.2, 0.25) is 0 Å². The minimum Gasteiger partial charge on any atom is -0.294 e. The van der Waals surface area contributed by atoms with Crippen LogP contribution < -0.4 is 14.9 Å². The summed E-state index contributed by atoms with van der Waals surface area (Å²) in [4.78, 5) is 42.9. The maximum Gasteiger partial charge on any atom is 0.276 e. The number of nitrogens with zero attached hydrogens (tertiary/aromatic N) is 3. The lowest BCUT2D eigenvalue weighted by atomic mass is 9.73. The molecule has 0 bridgehead atoms. The van der Waals surface area contributed by atoms with Gasteiger partial charge in [-0.1, -0.05) is 49.4 Å². The number of thiazole rings is 1. The number of rotatable bonds is 3. The number of nitro groups is 1. The zero-order chi connectivity index (χ0) is 24.2. The van der Waals surface area contributed by atoms with Crippen LogP contribution in [0.4, 0.5) is 10.1 Å². The molecule has 1 aliphatic heterocycles. The SMILES string of the molecule is CC1(C)CC(=O)C2=C(C1)N=c1sc(=Cc3ccccc3[N+](=O)[O-])c(=O)n1C2c1ccc(F)cc1. The largest absolute Gasteiger partial charge is 0.294 e. The summed E-state index contributed by atoms with van der Waals surface area (Å²) >= 11 is 1.12. The number of carbonyl (C=O) groups is 1. The van der Waals surface area contributed by atoms with Gasteiger partial charge in [-0.25, -0.2) is 9.38 Å². The van der Waals surface area contributed by atoms with Crippen molar-refractivity contribution in [2.24, 2.45) is 10.4 Å². The fraction of sp³-hybridized carbons (Fsp3) is 0.240. The Hall–Kier alpha value is -3.72. The molecule has 1 unspecified atom stereocenters. The second-order valence-electron chi connectivity index (χ2n) is 9.25. The lowest BCUT2D eigenvalue weighted by molar-refractivity contribution is -0.385. The number of hydrogen-bond acceptors (Lipinski definition) is 6. The first kappa shape index (κ1) is 22.1. The molecule has 172 valence electrons. The van der Waals surface area contributed by atoms with E-state index in [1.165, 1.54) is 28.8 Å². The Morgan fingerprint density at radius 3 is 2.56 bits per heavy atom. The topological polar surface area (TPSA) is 94.6 Å². The molecule has 0 saturated carbocycles. The highest BCUT2D eigenvalue weighted by Crippen LogP contribution is 2.43. The first-order valence-electron chi connectivity index (χ1n) is 10.7. The zero-order valence-electron chi connectivity index (χ0n) is 18.4. The Morgan fingerprint density at radius 1 is 1.15 bits per heavy atom. The predicted octanol–water partition coefficient (Wildman–Crippen LogP) is 3.65. The van der Waals surface area contributed by atoms with Crippen molar-refractivity contribution in [3.8, 4) is 0 Å². The Bertz CT molecular complexity index is 1560. The summed E-state index contributed by atoms with van der Waals surface area (Å²) in [5.41, 5.74) is 1.21. The molecule has 0 N–H and O–H groups in total. The van der Waals surface area contributed by atoms with Gasteiger partial charge < -0.3 is 0 Å². The molecular weight excluding hydrogens is 457 g/mol. The third-order valence-corrected chi connectivity index (χ3v) is 7.08. The van der Waals surface area contributed by atoms with E-state index >= 15 is 0 Å². The number of para-hydroxylation sites is 1. The normalized spacial score (nSPS) is 19.4. The van der Waals surface area contributed by atoms with Crippen molar-refractivity contribution in [3.05, 3.63) is 107 Å². The second kappa shape index (κ2) is 7.95. The summed E-state index contributed by atoms with van der Waals surface area (Å²) in [5, 5.41) is 11.4. The number of allylic oxidation sites excluding steroid dienone is 2. The number of Topliss-reactive ketones (excluding diaryl/α,β-unsaturated/α-hetero) is 1. The number of carbonyl (C=O) groups excluding carboxylic acids is 1. The van der Waals surface area contributed by atoms with Crippen molar-refractivity contribution in [2.45, 2.75) is 32.7 Å². The van der Waals surface area contributed by atoms with E-state index in [2.05, 4.69) is 0 Å². The summed E-state index contributed by atoms with van der Waals surface area (Å²) in [7, 11) is 0. The Balaban J connectivity index is 1.78. The number of hydrogen-bond donors (Lipinski definition) is 0. The van der Waals surface area contributed by atoms with Gasteiger partial charge in [-0.15, -0.1) is 0 Å². The number of halogens is 1. The van der Waals surface area contributed by atoms with Crippen molar-refractivity contribution in [1.29, 1.82) is 0 Å². The molecule has 2 aliphatic rings. The van der Waals surface area contributed by atoms with Crippen LogP contribution in [0.1, 0.15) is 43.9 Å². The van der Waals surface area contributed by atoms with E-state index in [1.54, 1.807) is 30.3 Å². The van der Waals surface area contributed by atoms with Crippen LogP contribution in [0.2, 0.25) is 0 Å². The molecular formula is C25H20FN3O4S. The lowest BCUT2D eigenvalue weighted by Gasteiger charge is -2.35. The van der Waals surface area contributed by atoms with Crippen molar-refractivity contribution in [3.63, 3.8) is 0 Å². The Kier molecular flexibility index (Phi) is 5.16. The Labute approximate surface area is 197 Å². The summed E-state index contributed by atoms with van der Waals surface area (Å²) in [6.45, 7) is 4.00. The number of ketones is 1. The smallest absolute Gasteiger partial charge is 0.276 e. The van der Waals surface area contributed by atoms with Crippen molar-refractivity contribution in [1.82, 2.24) is 4.57 Å². The zero-order valence-corrected chi connectivity index (χ0v) is 19.3. The van der Waals surface area contributed by atoms with Gasteiger partial charge >= 0.3 is 0 Å². The number of aromatic nitrogens is 1. The Morgan fingerprint density at radius 2 is 1.85 bits per heavy atom. The van der Waals surface area contributed by atoms with Gasteiger partial charge in [-0.2, -0.15) is 0 Å². The van der Waals surface area contributed by atoms with E-state index in [0.29, 0.717) is 40.0 Å². The molecule has 2 aromatic carbocycles. The highest BCUT2D eigenvalue weighted by Gasteiger charge is 2.40. The van der Waals surface area contributed by atoms with Gasteiger partial charge in [0.15, 0.2) is 10.6 Å². The number of benzene rings is 2. The van der Waals surface area contributed by atoms with Crippen molar-refractivity contribution < 1.29 is 14.1 Å². The molecule has 7 nitrogen and oxygen atoms in total. The standard InChI is InChI=1S/C25H20FN3O4S/c1-25(2)12-17-21(19(30)13-25)22(14-7-9-16(26)10-8-14)28-23(31)20(34-24(28)27-17)11-15-5-3-4-6-18(15)29(32)33/h3-11,22H,12-13H2,1-2H3. The predicted molar refractivity (Wildman–Crippen MR) is 126 cm³/mol. The van der Waals surface area contributed by atoms with Gasteiger partial charge in [0, 0.05) is 18.1 Å². The molecule has 0 fully saturated rings. The molecule has 3 aromatic rings. The highest BCUT2D eigenvalue weighted by atomic mass is 32.1. The van der Waals surface area contributed by atoms with E-state index in [1.807, 2.05) is 13.8 Å². The van der Waals surface area contributed by atoms with E-state index in [-0.39, 0.29) is 21.4 Å². The van der Waals surface area contributed by atoms with E-state index in [9.17, 15) is 24.1 Å². The van der Waals surface area contributed by atoms with Crippen molar-refractivity contribution >= 4 is 28.9 Å². The first-order valence-corrected chi connectivity index (χ1v) is 11.5. The van der Waals surface area contributed by atoms with Gasteiger partial charge in [0.05, 0.1) is 26.8 Å². The third kappa shape index (κ3) is 3.71. The average molecular weight is 478 g/mol. The van der Waals surface area contributed by atoms with Crippen LogP contribution in [0.25, 0.3) is 6.08 Å². The van der Waals surface area contributed by atoms with E-state index < -0.39 is 22.3 Å². The van der Waals surface area contributed by atoms with Gasteiger partial charge in [0.25, 0.3) is 11.2 Å². The van der Waals surface area contributed by atoms with E-state index in [4.69, 9.17) is 4.99 Å². The van der Waals surface area contributed by atoms with Crippen LogP contribution in [-0.4, -0.2) is 15.3 Å². The third-order valence-electron chi connectivity index (χ3n) is 6.10. The van der Waals surface area contributed by atoms with Gasteiger partial charge in [0.1, 0.15) is 5.82 Å². The van der Waals surface area contributed by atoms with Crippen LogP contribution >= 0.6 is 11.3 Å². The first-order chi connectivity index (χ1) is 16.1. The molecule has 2 heterocycles. The maximum atomic E-state index is 13.7. The molecule has 1 aliphatic carbocycles. The van der Waals surface area contributed by atoms with Crippen LogP contribution in [0.5, 0.6) is 0 Å². The molecule has 0 radical (unpaired) electrons. The van der Waals surface area contributed by atoms with E-state index in [0.717, 1.165) is 11.3 Å². The molecule has 5 rings (SSSR count). The molecule has 0 amide bonds. The summed E-state index contributed by atoms with van der Waals surface area (Å²) < 4.78 is 15.4. The minimum atomic E-state index is -0.733. The van der Waals surface area contributed by atoms with Crippen LogP contribution in [0.15, 0.2) is 69.6 Å². The fourth-order valence-corrected chi connectivity index (χ4v) is 5.64. The molecule has 1 aromatic heterocycles. The summed E-state index contributed by atoms with van der Waals surface area (Å²) in [6.07, 6.45) is 2.38. The fourth-order valence-electron chi connectivity index (χ4n) is 4.63. The number of fused-ring (bicyclic) bond motifs is 1.